The van der Waals surface area contributed by atoms with Gasteiger partial charge in [-0.1, -0.05) is 115 Å². The maximum atomic E-state index is 6.53. The second kappa shape index (κ2) is 10.8. The van der Waals surface area contributed by atoms with Crippen molar-refractivity contribution in [2.75, 3.05) is 0 Å². The maximum absolute atomic E-state index is 6.53. The Hall–Kier alpha value is -7.08. The van der Waals surface area contributed by atoms with Crippen molar-refractivity contribution in [1.29, 1.82) is 0 Å². The van der Waals surface area contributed by atoms with Gasteiger partial charge < -0.3 is 4.42 Å². The molecule has 0 atom stereocenters. The molecule has 55 heavy (non-hydrogen) atoms. The van der Waals surface area contributed by atoms with E-state index in [4.69, 9.17) is 14.4 Å². The monoisotopic (exact) mass is 717 g/mol. The summed E-state index contributed by atoms with van der Waals surface area (Å²) in [7, 11) is 0. The van der Waals surface area contributed by atoms with Crippen LogP contribution in [0.3, 0.4) is 0 Å². The molecule has 4 aromatic heterocycles. The van der Waals surface area contributed by atoms with Gasteiger partial charge in [0, 0.05) is 63.4 Å². The highest BCUT2D eigenvalue weighted by Gasteiger charge is 2.22. The Morgan fingerprint density at radius 2 is 1.13 bits per heavy atom. The molecule has 254 valence electrons. The predicted octanol–water partition coefficient (Wildman–Crippen LogP) is 14.1. The van der Waals surface area contributed by atoms with Gasteiger partial charge in [-0.2, -0.15) is 0 Å². The van der Waals surface area contributed by atoms with Crippen LogP contribution in [0.2, 0.25) is 0 Å². The SMILES string of the molecule is c1ccc2c(c1)oc1c3cc4c5ccccc5n(-c5nc(-c6ccc7sc8ccccc8c7c6)c6c7ccccc7c7ccccc7c6n5)c4cc3ccc21. The molecule has 13 aromatic rings. The van der Waals surface area contributed by atoms with Gasteiger partial charge in [-0.3, -0.25) is 4.57 Å². The Kier molecular flexibility index (Phi) is 5.74. The van der Waals surface area contributed by atoms with E-state index in [-0.39, 0.29) is 0 Å². The molecule has 0 unspecified atom stereocenters. The van der Waals surface area contributed by atoms with Gasteiger partial charge in [-0.15, -0.1) is 11.3 Å². The summed E-state index contributed by atoms with van der Waals surface area (Å²) in [5.41, 5.74) is 6.87. The predicted molar refractivity (Wildman–Crippen MR) is 232 cm³/mol. The minimum Gasteiger partial charge on any atom is -0.455 e. The molecule has 9 aromatic carbocycles. The van der Waals surface area contributed by atoms with Gasteiger partial charge in [0.05, 0.1) is 22.2 Å². The Bertz CT molecular complexity index is 3790. The molecule has 13 rings (SSSR count). The lowest BCUT2D eigenvalue weighted by molar-refractivity contribution is 0.672. The number of rotatable bonds is 2. The summed E-state index contributed by atoms with van der Waals surface area (Å²) in [6.45, 7) is 0. The number of aromatic nitrogens is 3. The van der Waals surface area contributed by atoms with Crippen molar-refractivity contribution in [2.24, 2.45) is 0 Å². The molecule has 0 aliphatic rings. The number of para-hydroxylation sites is 2. The van der Waals surface area contributed by atoms with Crippen LogP contribution in [0.15, 0.2) is 168 Å². The summed E-state index contributed by atoms with van der Waals surface area (Å²) in [6.07, 6.45) is 0. The minimum absolute atomic E-state index is 0.647. The number of benzene rings is 9. The summed E-state index contributed by atoms with van der Waals surface area (Å²) in [5.74, 6) is 0.647. The van der Waals surface area contributed by atoms with Crippen LogP contribution in [0.4, 0.5) is 0 Å². The van der Waals surface area contributed by atoms with E-state index in [2.05, 4.69) is 156 Å². The van der Waals surface area contributed by atoms with Crippen LogP contribution in [-0.2, 0) is 0 Å². The van der Waals surface area contributed by atoms with Gasteiger partial charge in [0.1, 0.15) is 11.2 Å². The average Bonchev–Trinajstić information content (AvgIpc) is 3.92. The van der Waals surface area contributed by atoms with Gasteiger partial charge >= 0.3 is 0 Å². The van der Waals surface area contributed by atoms with Gasteiger partial charge in [0.25, 0.3) is 0 Å². The van der Waals surface area contributed by atoms with E-state index in [1.165, 1.54) is 30.9 Å². The number of hydrogen-bond donors (Lipinski definition) is 0. The highest BCUT2D eigenvalue weighted by Crippen LogP contribution is 2.44. The van der Waals surface area contributed by atoms with Crippen LogP contribution in [0.5, 0.6) is 0 Å². The largest absolute Gasteiger partial charge is 0.455 e. The minimum atomic E-state index is 0.647. The average molecular weight is 718 g/mol. The third kappa shape index (κ3) is 4.00. The van der Waals surface area contributed by atoms with E-state index in [0.717, 1.165) is 87.4 Å². The molecule has 0 aliphatic heterocycles. The van der Waals surface area contributed by atoms with Crippen LogP contribution < -0.4 is 0 Å². The normalized spacial score (nSPS) is 12.4. The van der Waals surface area contributed by atoms with E-state index >= 15 is 0 Å². The van der Waals surface area contributed by atoms with Crippen molar-refractivity contribution in [3.63, 3.8) is 0 Å². The lowest BCUT2D eigenvalue weighted by Crippen LogP contribution is -2.04. The van der Waals surface area contributed by atoms with E-state index in [1.807, 2.05) is 23.5 Å². The van der Waals surface area contributed by atoms with E-state index < -0.39 is 0 Å². The lowest BCUT2D eigenvalue weighted by Gasteiger charge is -2.16. The quantitative estimate of drug-likeness (QED) is 0.167. The zero-order valence-corrected chi connectivity index (χ0v) is 30.1. The van der Waals surface area contributed by atoms with Gasteiger partial charge in [0.2, 0.25) is 5.95 Å². The first-order valence-electron chi connectivity index (χ1n) is 18.6. The van der Waals surface area contributed by atoms with Crippen molar-refractivity contribution >= 4 is 118 Å². The number of furan rings is 1. The molecule has 0 bridgehead atoms. The Morgan fingerprint density at radius 1 is 0.436 bits per heavy atom. The molecule has 0 saturated heterocycles. The highest BCUT2D eigenvalue weighted by molar-refractivity contribution is 7.25. The molecular formula is C50H27N3OS. The Balaban J connectivity index is 1.18. The number of nitrogens with zero attached hydrogens (tertiary/aromatic N) is 3. The molecule has 0 fully saturated rings. The standard InChI is InChI=1S/C50H27N3OS/c1-3-16-35-30(11-1)31-12-2-4-17-36(31)48-46(35)47(29-22-24-45-40(25-29)34-15-7-10-20-44(34)55-45)51-50(52-48)53-41-18-8-5-13-32(41)39-27-38-28(26-42(39)53)21-23-37-33-14-6-9-19-43(33)54-49(37)38/h1-27H. The zero-order valence-electron chi connectivity index (χ0n) is 29.2. The van der Waals surface area contributed by atoms with Crippen LogP contribution >= 0.6 is 11.3 Å². The Labute approximate surface area is 317 Å². The lowest BCUT2D eigenvalue weighted by atomic mass is 9.94. The Morgan fingerprint density at radius 3 is 2.00 bits per heavy atom. The third-order valence-electron chi connectivity index (χ3n) is 11.6. The molecule has 0 amide bonds. The van der Waals surface area contributed by atoms with Gasteiger partial charge in [-0.05, 0) is 70.1 Å². The topological polar surface area (TPSA) is 43.9 Å². The first-order valence-corrected chi connectivity index (χ1v) is 19.4. The van der Waals surface area contributed by atoms with E-state index in [9.17, 15) is 0 Å². The number of fused-ring (bicyclic) bond motifs is 17. The molecule has 5 heteroatoms. The summed E-state index contributed by atoms with van der Waals surface area (Å²) in [6, 6.07) is 58.8. The summed E-state index contributed by atoms with van der Waals surface area (Å²) in [4.78, 5) is 11.2. The molecule has 4 heterocycles. The summed E-state index contributed by atoms with van der Waals surface area (Å²) < 4.78 is 11.3. The van der Waals surface area contributed by atoms with Gasteiger partial charge in [0.15, 0.2) is 0 Å². The fourth-order valence-electron chi connectivity index (χ4n) is 9.13. The van der Waals surface area contributed by atoms with Crippen molar-refractivity contribution in [2.45, 2.75) is 0 Å². The van der Waals surface area contributed by atoms with Crippen LogP contribution in [0.25, 0.3) is 124 Å². The highest BCUT2D eigenvalue weighted by atomic mass is 32.1. The molecule has 0 spiro atoms. The first kappa shape index (κ1) is 29.4. The molecule has 0 saturated carbocycles. The molecule has 0 radical (unpaired) electrons. The molecular weight excluding hydrogens is 691 g/mol. The third-order valence-corrected chi connectivity index (χ3v) is 12.7. The summed E-state index contributed by atoms with van der Waals surface area (Å²) >= 11 is 1.84. The van der Waals surface area contributed by atoms with Crippen LogP contribution in [0, 0.1) is 0 Å². The zero-order chi connectivity index (χ0) is 35.8. The fraction of sp³-hybridized carbons (Fsp3) is 0. The van der Waals surface area contributed by atoms with E-state index in [0.29, 0.717) is 5.95 Å². The molecule has 0 N–H and O–H groups in total. The van der Waals surface area contributed by atoms with E-state index in [1.54, 1.807) is 0 Å². The van der Waals surface area contributed by atoms with Crippen molar-refractivity contribution in [1.82, 2.24) is 14.5 Å². The number of thiophene rings is 1. The molecule has 4 nitrogen and oxygen atoms in total. The second-order valence-electron chi connectivity index (χ2n) is 14.5. The smallest absolute Gasteiger partial charge is 0.235 e. The first-order chi connectivity index (χ1) is 27.3. The van der Waals surface area contributed by atoms with Crippen LogP contribution in [-0.4, -0.2) is 14.5 Å². The van der Waals surface area contributed by atoms with Crippen molar-refractivity contribution < 1.29 is 4.42 Å². The second-order valence-corrected chi connectivity index (χ2v) is 15.6. The van der Waals surface area contributed by atoms with Crippen molar-refractivity contribution in [3.05, 3.63) is 164 Å². The fourth-order valence-corrected chi connectivity index (χ4v) is 10.2. The van der Waals surface area contributed by atoms with Crippen molar-refractivity contribution in [3.8, 4) is 17.2 Å². The maximum Gasteiger partial charge on any atom is 0.235 e. The summed E-state index contributed by atoms with van der Waals surface area (Å²) in [5, 5.41) is 15.0. The van der Waals surface area contributed by atoms with Crippen LogP contribution in [0.1, 0.15) is 0 Å². The molecule has 0 aliphatic carbocycles. The van der Waals surface area contributed by atoms with Gasteiger partial charge in [-0.25, -0.2) is 9.97 Å². The number of hydrogen-bond acceptors (Lipinski definition) is 4.